The van der Waals surface area contributed by atoms with E-state index in [1.165, 1.54) is 4.88 Å². The smallest absolute Gasteiger partial charge is 0.319 e. The molecule has 1 atom stereocenters. The monoisotopic (exact) mass is 321 g/mol. The molecule has 0 bridgehead atoms. The SMILES string of the molecule is CCC(NC(=O)Nc1cn(CC)nc1C)c1nc(C)c(C)s1. The summed E-state index contributed by atoms with van der Waals surface area (Å²) in [6.07, 6.45) is 2.64. The van der Waals surface area contributed by atoms with Gasteiger partial charge in [0.15, 0.2) is 0 Å². The summed E-state index contributed by atoms with van der Waals surface area (Å²) in [5.74, 6) is 0. The third-order valence-corrected chi connectivity index (χ3v) is 4.76. The van der Waals surface area contributed by atoms with Crippen molar-refractivity contribution in [3.63, 3.8) is 0 Å². The average molecular weight is 321 g/mol. The number of hydrogen-bond acceptors (Lipinski definition) is 4. The Balaban J connectivity index is 2.04. The van der Waals surface area contributed by atoms with Crippen LogP contribution in [-0.2, 0) is 6.54 Å². The van der Waals surface area contributed by atoms with Crippen LogP contribution in [-0.4, -0.2) is 20.8 Å². The van der Waals surface area contributed by atoms with Gasteiger partial charge in [0, 0.05) is 17.6 Å². The van der Waals surface area contributed by atoms with Crippen molar-refractivity contribution < 1.29 is 4.79 Å². The lowest BCUT2D eigenvalue weighted by Crippen LogP contribution is -2.32. The topological polar surface area (TPSA) is 71.8 Å². The average Bonchev–Trinajstić information content (AvgIpc) is 3.00. The van der Waals surface area contributed by atoms with Gasteiger partial charge in [-0.3, -0.25) is 4.68 Å². The van der Waals surface area contributed by atoms with Gasteiger partial charge < -0.3 is 10.6 Å². The Kier molecular flexibility index (Phi) is 5.18. The van der Waals surface area contributed by atoms with Crippen LogP contribution in [0.2, 0.25) is 0 Å². The summed E-state index contributed by atoms with van der Waals surface area (Å²) in [7, 11) is 0. The predicted molar refractivity (Wildman–Crippen MR) is 89.4 cm³/mol. The number of nitrogens with one attached hydrogen (secondary N) is 2. The standard InChI is InChI=1S/C15H23N5OS/c1-6-12(14-16-9(3)11(5)22-14)17-15(21)18-13-8-20(7-2)19-10(13)4/h8,12H,6-7H2,1-5H3,(H2,17,18,21). The minimum Gasteiger partial charge on any atom is -0.329 e. The summed E-state index contributed by atoms with van der Waals surface area (Å²) < 4.78 is 1.80. The van der Waals surface area contributed by atoms with E-state index in [2.05, 4.69) is 20.7 Å². The number of nitrogens with zero attached hydrogens (tertiary/aromatic N) is 3. The third kappa shape index (κ3) is 3.65. The highest BCUT2D eigenvalue weighted by Gasteiger charge is 2.18. The number of anilines is 1. The summed E-state index contributed by atoms with van der Waals surface area (Å²) >= 11 is 1.64. The predicted octanol–water partition coefficient (Wildman–Crippen LogP) is 3.56. The fourth-order valence-electron chi connectivity index (χ4n) is 2.10. The fraction of sp³-hybridized carbons (Fsp3) is 0.533. The number of aryl methyl sites for hydroxylation is 4. The van der Waals surface area contributed by atoms with Gasteiger partial charge in [0.1, 0.15) is 5.01 Å². The van der Waals surface area contributed by atoms with Gasteiger partial charge in [-0.05, 0) is 34.1 Å². The molecule has 2 rings (SSSR count). The second kappa shape index (κ2) is 6.91. The third-order valence-electron chi connectivity index (χ3n) is 3.58. The molecule has 0 fully saturated rings. The Morgan fingerprint density at radius 2 is 2.05 bits per heavy atom. The molecule has 22 heavy (non-hydrogen) atoms. The van der Waals surface area contributed by atoms with Crippen LogP contribution >= 0.6 is 11.3 Å². The van der Waals surface area contributed by atoms with Gasteiger partial charge in [0.05, 0.1) is 23.1 Å². The second-order valence-electron chi connectivity index (χ2n) is 5.24. The molecule has 2 aromatic rings. The van der Waals surface area contributed by atoms with Crippen LogP contribution in [0, 0.1) is 20.8 Å². The molecule has 2 aromatic heterocycles. The molecule has 7 heteroatoms. The van der Waals surface area contributed by atoms with Crippen LogP contribution in [0.3, 0.4) is 0 Å². The quantitative estimate of drug-likeness (QED) is 0.884. The van der Waals surface area contributed by atoms with E-state index in [1.54, 1.807) is 16.0 Å². The second-order valence-corrected chi connectivity index (χ2v) is 6.47. The van der Waals surface area contributed by atoms with E-state index in [-0.39, 0.29) is 12.1 Å². The zero-order valence-electron chi connectivity index (χ0n) is 13.7. The zero-order valence-corrected chi connectivity index (χ0v) is 14.5. The van der Waals surface area contributed by atoms with Crippen molar-refractivity contribution in [3.05, 3.63) is 27.5 Å². The highest BCUT2D eigenvalue weighted by atomic mass is 32.1. The molecule has 2 N–H and O–H groups in total. The van der Waals surface area contributed by atoms with E-state index in [9.17, 15) is 4.79 Å². The van der Waals surface area contributed by atoms with Crippen LogP contribution in [0.5, 0.6) is 0 Å². The number of urea groups is 1. The molecular weight excluding hydrogens is 298 g/mol. The molecule has 2 heterocycles. The van der Waals surface area contributed by atoms with Crippen LogP contribution in [0.25, 0.3) is 0 Å². The van der Waals surface area contributed by atoms with Gasteiger partial charge in [-0.25, -0.2) is 9.78 Å². The molecule has 0 aliphatic carbocycles. The van der Waals surface area contributed by atoms with Gasteiger partial charge in [-0.2, -0.15) is 5.10 Å². The number of carbonyl (C=O) groups is 1. The summed E-state index contributed by atoms with van der Waals surface area (Å²) in [5, 5.41) is 11.1. The van der Waals surface area contributed by atoms with Gasteiger partial charge in [0.2, 0.25) is 0 Å². The summed E-state index contributed by atoms with van der Waals surface area (Å²) in [4.78, 5) is 17.9. The molecule has 120 valence electrons. The number of rotatable bonds is 5. The van der Waals surface area contributed by atoms with E-state index in [1.807, 2.05) is 40.8 Å². The molecule has 0 saturated carbocycles. The summed E-state index contributed by atoms with van der Waals surface area (Å²) in [6.45, 7) is 10.7. The van der Waals surface area contributed by atoms with Crippen molar-refractivity contribution in [1.29, 1.82) is 0 Å². The first-order valence-corrected chi connectivity index (χ1v) is 8.31. The minimum atomic E-state index is -0.226. The minimum absolute atomic E-state index is 0.0704. The summed E-state index contributed by atoms with van der Waals surface area (Å²) in [5.41, 5.74) is 2.58. The number of aromatic nitrogens is 3. The number of thiazole rings is 1. The Labute approximate surface area is 135 Å². The highest BCUT2D eigenvalue weighted by molar-refractivity contribution is 7.11. The van der Waals surface area contributed by atoms with Crippen molar-refractivity contribution in [2.24, 2.45) is 0 Å². The zero-order chi connectivity index (χ0) is 16.3. The molecule has 1 unspecified atom stereocenters. The molecule has 2 amide bonds. The van der Waals surface area contributed by atoms with E-state index >= 15 is 0 Å². The van der Waals surface area contributed by atoms with Crippen LogP contribution in [0.1, 0.15) is 47.6 Å². The van der Waals surface area contributed by atoms with Crippen molar-refractivity contribution in [2.45, 2.75) is 53.6 Å². The largest absolute Gasteiger partial charge is 0.329 e. The lowest BCUT2D eigenvalue weighted by molar-refractivity contribution is 0.248. The van der Waals surface area contributed by atoms with Gasteiger partial charge >= 0.3 is 6.03 Å². The van der Waals surface area contributed by atoms with Crippen LogP contribution in [0.4, 0.5) is 10.5 Å². The van der Waals surface area contributed by atoms with E-state index in [0.29, 0.717) is 0 Å². The highest BCUT2D eigenvalue weighted by Crippen LogP contribution is 2.25. The maximum Gasteiger partial charge on any atom is 0.319 e. The van der Waals surface area contributed by atoms with Crippen molar-refractivity contribution >= 4 is 23.1 Å². The summed E-state index contributed by atoms with van der Waals surface area (Å²) in [6, 6.07) is -0.296. The van der Waals surface area contributed by atoms with Crippen LogP contribution in [0.15, 0.2) is 6.20 Å². The van der Waals surface area contributed by atoms with E-state index in [0.717, 1.165) is 35.0 Å². The first-order valence-electron chi connectivity index (χ1n) is 7.50. The fourth-order valence-corrected chi connectivity index (χ4v) is 3.16. The Hall–Kier alpha value is -1.89. The Morgan fingerprint density at radius 3 is 2.55 bits per heavy atom. The lowest BCUT2D eigenvalue weighted by atomic mass is 10.2. The molecule has 0 spiro atoms. The molecule has 6 nitrogen and oxygen atoms in total. The number of hydrogen-bond donors (Lipinski definition) is 2. The molecule has 0 aliphatic heterocycles. The Bertz CT molecular complexity index is 641. The van der Waals surface area contributed by atoms with Gasteiger partial charge in [-0.15, -0.1) is 11.3 Å². The van der Waals surface area contributed by atoms with Gasteiger partial charge in [-0.1, -0.05) is 6.92 Å². The van der Waals surface area contributed by atoms with E-state index < -0.39 is 0 Å². The molecular formula is C15H23N5OS. The normalized spacial score (nSPS) is 12.2. The first-order chi connectivity index (χ1) is 10.4. The maximum atomic E-state index is 12.2. The first kappa shape index (κ1) is 16.5. The Morgan fingerprint density at radius 1 is 1.32 bits per heavy atom. The van der Waals surface area contributed by atoms with Gasteiger partial charge in [0.25, 0.3) is 0 Å². The van der Waals surface area contributed by atoms with Crippen molar-refractivity contribution in [2.75, 3.05) is 5.32 Å². The van der Waals surface area contributed by atoms with Crippen molar-refractivity contribution in [1.82, 2.24) is 20.1 Å². The lowest BCUT2D eigenvalue weighted by Gasteiger charge is -2.14. The number of amides is 2. The molecule has 0 saturated heterocycles. The molecule has 0 aromatic carbocycles. The number of carbonyl (C=O) groups excluding carboxylic acids is 1. The maximum absolute atomic E-state index is 12.2. The van der Waals surface area contributed by atoms with Crippen LogP contribution < -0.4 is 10.6 Å². The van der Waals surface area contributed by atoms with Crippen molar-refractivity contribution in [3.8, 4) is 0 Å². The molecule has 0 aliphatic rings. The molecule has 0 radical (unpaired) electrons. The van der Waals surface area contributed by atoms with E-state index in [4.69, 9.17) is 0 Å².